The summed E-state index contributed by atoms with van der Waals surface area (Å²) in [5.41, 5.74) is 7.17. The van der Waals surface area contributed by atoms with E-state index in [2.05, 4.69) is 4.99 Å². The predicted octanol–water partition coefficient (Wildman–Crippen LogP) is 1.83. The van der Waals surface area contributed by atoms with E-state index in [1.807, 2.05) is 26.0 Å². The molecule has 86 valence electrons. The first-order valence-electron chi connectivity index (χ1n) is 5.18. The van der Waals surface area contributed by atoms with Gasteiger partial charge in [0.15, 0.2) is 0 Å². The largest absolute Gasteiger partial charge is 0.497 e. The molecule has 4 heteroatoms. The monoisotopic (exact) mass is 220 g/mol. The van der Waals surface area contributed by atoms with Gasteiger partial charge in [0.25, 0.3) is 0 Å². The van der Waals surface area contributed by atoms with Gasteiger partial charge in [-0.1, -0.05) is 0 Å². The Bertz CT molecular complexity index is 439. The van der Waals surface area contributed by atoms with E-state index in [9.17, 15) is 0 Å². The molecule has 1 aliphatic heterocycles. The van der Waals surface area contributed by atoms with Gasteiger partial charge in [-0.05, 0) is 32.0 Å². The molecule has 1 heterocycles. The van der Waals surface area contributed by atoms with Crippen molar-refractivity contribution in [3.8, 4) is 5.75 Å². The van der Waals surface area contributed by atoms with E-state index in [-0.39, 0.29) is 5.54 Å². The van der Waals surface area contributed by atoms with E-state index < -0.39 is 0 Å². The molecule has 0 amide bonds. The summed E-state index contributed by atoms with van der Waals surface area (Å²) in [4.78, 5) is 4.49. The number of anilines is 1. The molecule has 0 saturated carbocycles. The SMILES string of the molecule is COc1ccc(N)c(C2=NC(C)(C)CO2)c1. The number of ether oxygens (including phenoxy) is 2. The normalized spacial score (nSPS) is 17.8. The van der Waals surface area contributed by atoms with Crippen LogP contribution in [0.1, 0.15) is 19.4 Å². The van der Waals surface area contributed by atoms with Crippen LogP contribution in [0.15, 0.2) is 23.2 Å². The number of rotatable bonds is 2. The number of benzene rings is 1. The quantitative estimate of drug-likeness (QED) is 0.773. The molecule has 0 saturated heterocycles. The summed E-state index contributed by atoms with van der Waals surface area (Å²) in [5.74, 6) is 1.35. The first-order valence-corrected chi connectivity index (χ1v) is 5.18. The Balaban J connectivity index is 2.41. The van der Waals surface area contributed by atoms with Crippen molar-refractivity contribution in [1.82, 2.24) is 0 Å². The number of aliphatic imine (C=N–C) groups is 1. The third kappa shape index (κ3) is 1.96. The van der Waals surface area contributed by atoms with Gasteiger partial charge < -0.3 is 15.2 Å². The van der Waals surface area contributed by atoms with Gasteiger partial charge in [0.05, 0.1) is 18.2 Å². The van der Waals surface area contributed by atoms with Gasteiger partial charge in [0.1, 0.15) is 12.4 Å². The Kier molecular flexibility index (Phi) is 2.50. The topological polar surface area (TPSA) is 56.8 Å². The summed E-state index contributed by atoms with van der Waals surface area (Å²) in [7, 11) is 1.62. The Morgan fingerprint density at radius 2 is 2.19 bits per heavy atom. The van der Waals surface area contributed by atoms with E-state index in [1.165, 1.54) is 0 Å². The van der Waals surface area contributed by atoms with Gasteiger partial charge in [-0.2, -0.15) is 0 Å². The maximum absolute atomic E-state index is 5.90. The van der Waals surface area contributed by atoms with Crippen LogP contribution >= 0.6 is 0 Å². The molecule has 4 nitrogen and oxygen atoms in total. The van der Waals surface area contributed by atoms with Crippen molar-refractivity contribution in [3.05, 3.63) is 23.8 Å². The van der Waals surface area contributed by atoms with Crippen molar-refractivity contribution in [2.45, 2.75) is 19.4 Å². The van der Waals surface area contributed by atoms with Gasteiger partial charge in [-0.25, -0.2) is 4.99 Å². The molecule has 0 fully saturated rings. The lowest BCUT2D eigenvalue weighted by molar-refractivity contribution is 0.279. The fourth-order valence-corrected chi connectivity index (χ4v) is 1.57. The zero-order valence-corrected chi connectivity index (χ0v) is 9.78. The van der Waals surface area contributed by atoms with E-state index in [0.717, 1.165) is 11.3 Å². The number of methoxy groups -OCH3 is 1. The molecule has 0 radical (unpaired) electrons. The second kappa shape index (κ2) is 3.70. The Morgan fingerprint density at radius 1 is 1.44 bits per heavy atom. The molecule has 1 aliphatic rings. The van der Waals surface area contributed by atoms with Crippen LogP contribution in [0, 0.1) is 0 Å². The predicted molar refractivity (Wildman–Crippen MR) is 64.0 cm³/mol. The highest BCUT2D eigenvalue weighted by molar-refractivity contribution is 6.00. The van der Waals surface area contributed by atoms with Crippen LogP contribution in [-0.4, -0.2) is 25.2 Å². The molecule has 1 aromatic carbocycles. The average Bonchev–Trinajstić information content (AvgIpc) is 2.59. The summed E-state index contributed by atoms with van der Waals surface area (Å²) in [6.07, 6.45) is 0. The van der Waals surface area contributed by atoms with E-state index in [0.29, 0.717) is 18.2 Å². The molecule has 16 heavy (non-hydrogen) atoms. The van der Waals surface area contributed by atoms with Crippen molar-refractivity contribution >= 4 is 11.6 Å². The standard InChI is InChI=1S/C12H16N2O2/c1-12(2)7-16-11(14-12)9-6-8(15-3)4-5-10(9)13/h4-6H,7,13H2,1-3H3. The third-order valence-corrected chi connectivity index (χ3v) is 2.46. The van der Waals surface area contributed by atoms with Crippen molar-refractivity contribution in [2.75, 3.05) is 19.5 Å². The Hall–Kier alpha value is -1.71. The summed E-state index contributed by atoms with van der Waals surface area (Å²) >= 11 is 0. The van der Waals surface area contributed by atoms with Gasteiger partial charge in [-0.15, -0.1) is 0 Å². The van der Waals surface area contributed by atoms with Crippen LogP contribution in [0.4, 0.5) is 5.69 Å². The van der Waals surface area contributed by atoms with Crippen molar-refractivity contribution in [1.29, 1.82) is 0 Å². The smallest absolute Gasteiger partial charge is 0.219 e. The van der Waals surface area contributed by atoms with Gasteiger partial charge in [0.2, 0.25) is 5.90 Å². The highest BCUT2D eigenvalue weighted by Gasteiger charge is 2.28. The number of hydrogen-bond acceptors (Lipinski definition) is 4. The highest BCUT2D eigenvalue weighted by atomic mass is 16.5. The van der Waals surface area contributed by atoms with Crippen LogP contribution in [0.2, 0.25) is 0 Å². The number of nitrogens with zero attached hydrogens (tertiary/aromatic N) is 1. The molecular formula is C12H16N2O2. The number of hydrogen-bond donors (Lipinski definition) is 1. The van der Waals surface area contributed by atoms with Crippen LogP contribution in [0.25, 0.3) is 0 Å². The summed E-state index contributed by atoms with van der Waals surface area (Å²) in [5, 5.41) is 0. The first-order chi connectivity index (χ1) is 7.52. The lowest BCUT2D eigenvalue weighted by Crippen LogP contribution is -2.17. The molecule has 2 N–H and O–H groups in total. The summed E-state index contributed by atoms with van der Waals surface area (Å²) in [6, 6.07) is 5.46. The summed E-state index contributed by atoms with van der Waals surface area (Å²) in [6.45, 7) is 4.63. The van der Waals surface area contributed by atoms with E-state index >= 15 is 0 Å². The third-order valence-electron chi connectivity index (χ3n) is 2.46. The molecule has 0 aliphatic carbocycles. The molecule has 2 rings (SSSR count). The second-order valence-corrected chi connectivity index (χ2v) is 4.47. The van der Waals surface area contributed by atoms with Gasteiger partial charge >= 0.3 is 0 Å². The van der Waals surface area contributed by atoms with E-state index in [1.54, 1.807) is 13.2 Å². The van der Waals surface area contributed by atoms with Crippen molar-refractivity contribution < 1.29 is 9.47 Å². The van der Waals surface area contributed by atoms with Crippen LogP contribution in [-0.2, 0) is 4.74 Å². The maximum atomic E-state index is 5.90. The molecule has 0 unspecified atom stereocenters. The molecule has 0 spiro atoms. The highest BCUT2D eigenvalue weighted by Crippen LogP contribution is 2.26. The maximum Gasteiger partial charge on any atom is 0.219 e. The van der Waals surface area contributed by atoms with Gasteiger partial charge in [-0.3, -0.25) is 0 Å². The second-order valence-electron chi connectivity index (χ2n) is 4.47. The average molecular weight is 220 g/mol. The fraction of sp³-hybridized carbons (Fsp3) is 0.417. The van der Waals surface area contributed by atoms with Gasteiger partial charge in [0, 0.05) is 5.69 Å². The van der Waals surface area contributed by atoms with Crippen molar-refractivity contribution in [3.63, 3.8) is 0 Å². The minimum absolute atomic E-state index is 0.176. The minimum Gasteiger partial charge on any atom is -0.497 e. The van der Waals surface area contributed by atoms with Crippen LogP contribution < -0.4 is 10.5 Å². The van der Waals surface area contributed by atoms with E-state index in [4.69, 9.17) is 15.2 Å². The molecular weight excluding hydrogens is 204 g/mol. The van der Waals surface area contributed by atoms with Crippen molar-refractivity contribution in [2.24, 2.45) is 4.99 Å². The van der Waals surface area contributed by atoms with Crippen LogP contribution in [0.5, 0.6) is 5.75 Å². The Labute approximate surface area is 95.1 Å². The minimum atomic E-state index is -0.176. The molecule has 1 aromatic rings. The molecule has 0 aromatic heterocycles. The summed E-state index contributed by atoms with van der Waals surface area (Å²) < 4.78 is 10.7. The first kappa shape index (κ1) is 10.8. The Morgan fingerprint density at radius 3 is 2.75 bits per heavy atom. The van der Waals surface area contributed by atoms with Crippen LogP contribution in [0.3, 0.4) is 0 Å². The number of nitrogen functional groups attached to an aromatic ring is 1. The lowest BCUT2D eigenvalue weighted by atomic mass is 10.1. The zero-order valence-electron chi connectivity index (χ0n) is 9.78. The molecule has 0 atom stereocenters. The zero-order chi connectivity index (χ0) is 11.8. The number of nitrogens with two attached hydrogens (primary N) is 1. The lowest BCUT2D eigenvalue weighted by Gasteiger charge is -2.07. The fourth-order valence-electron chi connectivity index (χ4n) is 1.57. The molecule has 0 bridgehead atoms.